The van der Waals surface area contributed by atoms with Crippen LogP contribution >= 0.6 is 0 Å². The number of nitrogens with two attached hydrogens (primary N) is 1. The monoisotopic (exact) mass is 391 g/mol. The first kappa shape index (κ1) is 18.4. The summed E-state index contributed by atoms with van der Waals surface area (Å²) >= 11 is 0. The Morgan fingerprint density at radius 3 is 2.79 bits per heavy atom. The SMILES string of the molecule is CC1c2ccccc2CCN1c1n[nH]c2nc(N3CCC(C)(CN)CC3)cnc12. The number of anilines is 2. The van der Waals surface area contributed by atoms with Crippen molar-refractivity contribution in [1.29, 1.82) is 0 Å². The van der Waals surface area contributed by atoms with Gasteiger partial charge in [-0.1, -0.05) is 31.2 Å². The van der Waals surface area contributed by atoms with Gasteiger partial charge in [0.1, 0.15) is 5.82 Å². The molecule has 152 valence electrons. The van der Waals surface area contributed by atoms with Crippen LogP contribution in [0.15, 0.2) is 30.5 Å². The summed E-state index contributed by atoms with van der Waals surface area (Å²) in [6.45, 7) is 8.13. The molecule has 0 spiro atoms. The van der Waals surface area contributed by atoms with Crippen molar-refractivity contribution in [3.05, 3.63) is 41.6 Å². The molecule has 3 aromatic rings. The molecule has 1 fully saturated rings. The number of hydrogen-bond donors (Lipinski definition) is 2. The van der Waals surface area contributed by atoms with Gasteiger partial charge in [-0.2, -0.15) is 5.10 Å². The topological polar surface area (TPSA) is 87.0 Å². The number of hydrogen-bond acceptors (Lipinski definition) is 6. The molecule has 0 bridgehead atoms. The molecule has 2 aromatic heterocycles. The molecule has 1 saturated heterocycles. The molecule has 0 amide bonds. The van der Waals surface area contributed by atoms with Crippen molar-refractivity contribution in [3.63, 3.8) is 0 Å². The summed E-state index contributed by atoms with van der Waals surface area (Å²) in [5.74, 6) is 1.82. The van der Waals surface area contributed by atoms with Gasteiger partial charge in [0.05, 0.1) is 12.2 Å². The highest BCUT2D eigenvalue weighted by Gasteiger charge is 2.30. The maximum absolute atomic E-state index is 5.95. The molecule has 7 nitrogen and oxygen atoms in total. The third-order valence-corrected chi connectivity index (χ3v) is 6.89. The van der Waals surface area contributed by atoms with E-state index >= 15 is 0 Å². The van der Waals surface area contributed by atoms with Gasteiger partial charge in [-0.25, -0.2) is 9.97 Å². The van der Waals surface area contributed by atoms with Gasteiger partial charge in [-0.3, -0.25) is 5.10 Å². The first-order chi connectivity index (χ1) is 14.1. The Labute approximate surface area is 171 Å². The maximum atomic E-state index is 5.95. The lowest BCUT2D eigenvalue weighted by molar-refractivity contribution is 0.258. The first-order valence-electron chi connectivity index (χ1n) is 10.6. The van der Waals surface area contributed by atoms with Crippen LogP contribution in [0.25, 0.3) is 11.2 Å². The molecule has 29 heavy (non-hydrogen) atoms. The number of nitrogens with zero attached hydrogens (tertiary/aromatic N) is 5. The van der Waals surface area contributed by atoms with Crippen LogP contribution in [0.1, 0.15) is 43.9 Å². The number of fused-ring (bicyclic) bond motifs is 2. The van der Waals surface area contributed by atoms with E-state index in [0.29, 0.717) is 0 Å². The quantitative estimate of drug-likeness (QED) is 0.714. The van der Waals surface area contributed by atoms with E-state index in [1.165, 1.54) is 11.1 Å². The molecule has 5 rings (SSSR count). The Morgan fingerprint density at radius 2 is 2.00 bits per heavy atom. The van der Waals surface area contributed by atoms with E-state index < -0.39 is 0 Å². The highest BCUT2D eigenvalue weighted by molar-refractivity contribution is 5.84. The Balaban J connectivity index is 1.41. The summed E-state index contributed by atoms with van der Waals surface area (Å²) < 4.78 is 0. The predicted octanol–water partition coefficient (Wildman–Crippen LogP) is 3.04. The molecule has 1 unspecified atom stereocenters. The van der Waals surface area contributed by atoms with E-state index in [-0.39, 0.29) is 11.5 Å². The van der Waals surface area contributed by atoms with E-state index in [1.807, 2.05) is 6.20 Å². The van der Waals surface area contributed by atoms with Gasteiger partial charge >= 0.3 is 0 Å². The number of nitrogens with one attached hydrogen (secondary N) is 1. The average molecular weight is 392 g/mol. The Kier molecular flexibility index (Phi) is 4.42. The molecule has 0 aliphatic carbocycles. The van der Waals surface area contributed by atoms with Gasteiger partial charge in [0.15, 0.2) is 17.0 Å². The lowest BCUT2D eigenvalue weighted by Gasteiger charge is -2.39. The van der Waals surface area contributed by atoms with E-state index in [0.717, 1.165) is 68.2 Å². The highest BCUT2D eigenvalue weighted by Crippen LogP contribution is 2.36. The fraction of sp³-hybridized carbons (Fsp3) is 0.500. The van der Waals surface area contributed by atoms with Gasteiger partial charge in [-0.05, 0) is 49.3 Å². The van der Waals surface area contributed by atoms with Crippen LogP contribution in [-0.4, -0.2) is 46.3 Å². The number of piperidine rings is 1. The third-order valence-electron chi connectivity index (χ3n) is 6.89. The average Bonchev–Trinajstić information content (AvgIpc) is 3.18. The molecule has 0 radical (unpaired) electrons. The molecule has 4 heterocycles. The predicted molar refractivity (Wildman–Crippen MR) is 116 cm³/mol. The van der Waals surface area contributed by atoms with Crippen LogP contribution in [0.4, 0.5) is 11.6 Å². The molecular formula is C22H29N7. The van der Waals surface area contributed by atoms with E-state index in [1.54, 1.807) is 0 Å². The number of rotatable bonds is 3. The van der Waals surface area contributed by atoms with Crippen LogP contribution in [-0.2, 0) is 6.42 Å². The minimum atomic E-state index is 0.246. The molecule has 0 saturated carbocycles. The normalized spacial score (nSPS) is 21.4. The highest BCUT2D eigenvalue weighted by atomic mass is 15.3. The number of aromatic amines is 1. The van der Waals surface area contributed by atoms with Gasteiger partial charge in [0.25, 0.3) is 0 Å². The Bertz CT molecular complexity index is 1020. The summed E-state index contributed by atoms with van der Waals surface area (Å²) in [5.41, 5.74) is 10.6. The van der Waals surface area contributed by atoms with Gasteiger partial charge in [0, 0.05) is 19.6 Å². The Hall–Kier alpha value is -2.67. The van der Waals surface area contributed by atoms with Crippen LogP contribution in [0.3, 0.4) is 0 Å². The Morgan fingerprint density at radius 1 is 1.21 bits per heavy atom. The van der Waals surface area contributed by atoms with Crippen molar-refractivity contribution >= 4 is 22.8 Å². The maximum Gasteiger partial charge on any atom is 0.179 e. The summed E-state index contributed by atoms with van der Waals surface area (Å²) in [5, 5.41) is 7.73. The second-order valence-corrected chi connectivity index (χ2v) is 8.79. The fourth-order valence-corrected chi connectivity index (χ4v) is 4.67. The van der Waals surface area contributed by atoms with Gasteiger partial charge < -0.3 is 15.5 Å². The van der Waals surface area contributed by atoms with Gasteiger partial charge in [0.2, 0.25) is 0 Å². The summed E-state index contributed by atoms with van der Waals surface area (Å²) in [4.78, 5) is 14.3. The second kappa shape index (κ2) is 6.99. The molecule has 3 N–H and O–H groups in total. The summed E-state index contributed by atoms with van der Waals surface area (Å²) in [6, 6.07) is 8.95. The van der Waals surface area contributed by atoms with Crippen molar-refractivity contribution < 1.29 is 0 Å². The molecule has 1 aromatic carbocycles. The van der Waals surface area contributed by atoms with Crippen molar-refractivity contribution in [3.8, 4) is 0 Å². The van der Waals surface area contributed by atoms with Crippen molar-refractivity contribution in [2.45, 2.75) is 39.2 Å². The molecule has 2 aliphatic heterocycles. The van der Waals surface area contributed by atoms with E-state index in [4.69, 9.17) is 15.7 Å². The lowest BCUT2D eigenvalue weighted by atomic mass is 9.80. The minimum Gasteiger partial charge on any atom is -0.355 e. The first-order valence-corrected chi connectivity index (χ1v) is 10.6. The fourth-order valence-electron chi connectivity index (χ4n) is 4.67. The second-order valence-electron chi connectivity index (χ2n) is 8.79. The summed E-state index contributed by atoms with van der Waals surface area (Å²) in [6.07, 6.45) is 5.09. The van der Waals surface area contributed by atoms with E-state index in [9.17, 15) is 0 Å². The van der Waals surface area contributed by atoms with E-state index in [2.05, 4.69) is 58.1 Å². The van der Waals surface area contributed by atoms with Crippen molar-refractivity contribution in [2.24, 2.45) is 11.1 Å². The zero-order chi connectivity index (χ0) is 20.0. The number of H-pyrrole nitrogens is 1. The zero-order valence-corrected chi connectivity index (χ0v) is 17.2. The van der Waals surface area contributed by atoms with Crippen LogP contribution < -0.4 is 15.5 Å². The standard InChI is InChI=1S/C22H29N7/c1-15-17-6-4-3-5-16(17)7-10-29(15)21-19-20(26-27-21)25-18(13-24-19)28-11-8-22(2,14-23)9-12-28/h3-6,13,15H,7-12,14,23H2,1-2H3,(H,25,26,27). The van der Waals surface area contributed by atoms with Crippen LogP contribution in [0, 0.1) is 5.41 Å². The summed E-state index contributed by atoms with van der Waals surface area (Å²) in [7, 11) is 0. The lowest BCUT2D eigenvalue weighted by Crippen LogP contribution is -2.42. The van der Waals surface area contributed by atoms with Crippen molar-refractivity contribution in [2.75, 3.05) is 36.0 Å². The largest absolute Gasteiger partial charge is 0.355 e. The molecule has 1 atom stereocenters. The smallest absolute Gasteiger partial charge is 0.179 e. The molecule has 7 heteroatoms. The van der Waals surface area contributed by atoms with Crippen LogP contribution in [0.5, 0.6) is 0 Å². The van der Waals surface area contributed by atoms with Gasteiger partial charge in [-0.15, -0.1) is 0 Å². The zero-order valence-electron chi connectivity index (χ0n) is 17.2. The number of benzene rings is 1. The molecule has 2 aliphatic rings. The third kappa shape index (κ3) is 3.13. The van der Waals surface area contributed by atoms with Crippen molar-refractivity contribution in [1.82, 2.24) is 20.2 Å². The molecular weight excluding hydrogens is 362 g/mol. The number of aromatic nitrogens is 4. The van der Waals surface area contributed by atoms with Crippen LogP contribution in [0.2, 0.25) is 0 Å². The minimum absolute atomic E-state index is 0.246.